The zero-order chi connectivity index (χ0) is 14.7. The maximum absolute atomic E-state index is 8.81. The van der Waals surface area contributed by atoms with Gasteiger partial charge in [-0.15, -0.1) is 0 Å². The van der Waals surface area contributed by atoms with E-state index in [4.69, 9.17) is 5.11 Å². The number of nitrogens with one attached hydrogen (secondary N) is 2. The minimum absolute atomic E-state index is 0.0531. The largest absolute Gasteiger partial charge is 0.395 e. The van der Waals surface area contributed by atoms with Gasteiger partial charge in [0.1, 0.15) is 18.0 Å². The Morgan fingerprint density at radius 1 is 1.19 bits per heavy atom. The van der Waals surface area contributed by atoms with Crippen LogP contribution >= 0.6 is 0 Å². The third-order valence-electron chi connectivity index (χ3n) is 3.11. The van der Waals surface area contributed by atoms with E-state index < -0.39 is 0 Å². The summed E-state index contributed by atoms with van der Waals surface area (Å²) in [7, 11) is 1.95. The van der Waals surface area contributed by atoms with Crippen molar-refractivity contribution in [3.05, 3.63) is 36.7 Å². The van der Waals surface area contributed by atoms with E-state index in [9.17, 15) is 0 Å². The quantitative estimate of drug-likeness (QED) is 0.658. The number of benzene rings is 1. The maximum Gasteiger partial charge on any atom is 0.209 e. The Balaban J connectivity index is 1.86. The van der Waals surface area contributed by atoms with Crippen molar-refractivity contribution in [1.82, 2.24) is 19.5 Å². The van der Waals surface area contributed by atoms with E-state index in [2.05, 4.69) is 25.6 Å². The number of anilines is 3. The standard InChI is InChI=1S/C14H16N6O/c1-20-11-5-3-2-4-10(11)18-14(20)19-13-8-12(15-6-7-21)16-9-17-13/h2-5,8-9,21H,6-7H2,1H3,(H2,15,16,17,18,19). The molecule has 1 aromatic carbocycles. The predicted molar refractivity (Wildman–Crippen MR) is 81.6 cm³/mol. The van der Waals surface area contributed by atoms with Crippen LogP contribution in [-0.4, -0.2) is 37.8 Å². The summed E-state index contributed by atoms with van der Waals surface area (Å²) in [5.74, 6) is 2.01. The van der Waals surface area contributed by atoms with Gasteiger partial charge in [0.15, 0.2) is 0 Å². The first-order valence-electron chi connectivity index (χ1n) is 6.63. The fourth-order valence-electron chi connectivity index (χ4n) is 2.08. The molecule has 0 spiro atoms. The normalized spacial score (nSPS) is 10.8. The van der Waals surface area contributed by atoms with Crippen LogP contribution in [0.5, 0.6) is 0 Å². The van der Waals surface area contributed by atoms with Gasteiger partial charge >= 0.3 is 0 Å². The molecule has 0 unspecified atom stereocenters. The molecule has 3 rings (SSSR count). The summed E-state index contributed by atoms with van der Waals surface area (Å²) in [5, 5.41) is 15.0. The average molecular weight is 284 g/mol. The summed E-state index contributed by atoms with van der Waals surface area (Å²) < 4.78 is 1.97. The van der Waals surface area contributed by atoms with Crippen LogP contribution in [0, 0.1) is 0 Å². The highest BCUT2D eigenvalue weighted by Gasteiger charge is 2.08. The number of rotatable bonds is 5. The minimum Gasteiger partial charge on any atom is -0.395 e. The number of aliphatic hydroxyl groups excluding tert-OH is 1. The maximum atomic E-state index is 8.81. The van der Waals surface area contributed by atoms with Crippen LogP contribution in [0.3, 0.4) is 0 Å². The summed E-state index contributed by atoms with van der Waals surface area (Å²) in [6, 6.07) is 9.70. The Hall–Kier alpha value is -2.67. The van der Waals surface area contributed by atoms with Gasteiger partial charge in [0.25, 0.3) is 0 Å². The highest BCUT2D eigenvalue weighted by atomic mass is 16.3. The number of para-hydroxylation sites is 2. The number of hydrogen-bond donors (Lipinski definition) is 3. The van der Waals surface area contributed by atoms with Gasteiger partial charge < -0.3 is 20.3 Å². The van der Waals surface area contributed by atoms with Gasteiger partial charge in [0.2, 0.25) is 5.95 Å². The number of imidazole rings is 1. The zero-order valence-electron chi connectivity index (χ0n) is 11.6. The van der Waals surface area contributed by atoms with Crippen molar-refractivity contribution in [3.63, 3.8) is 0 Å². The number of fused-ring (bicyclic) bond motifs is 1. The molecular formula is C14H16N6O. The molecule has 7 heteroatoms. The molecule has 0 bridgehead atoms. The molecule has 0 fully saturated rings. The van der Waals surface area contributed by atoms with Crippen LogP contribution in [0.4, 0.5) is 17.6 Å². The molecule has 3 N–H and O–H groups in total. The average Bonchev–Trinajstić information content (AvgIpc) is 2.82. The second kappa shape index (κ2) is 5.76. The first-order chi connectivity index (χ1) is 10.3. The monoisotopic (exact) mass is 284 g/mol. The Bertz CT molecular complexity index is 754. The van der Waals surface area contributed by atoms with Crippen molar-refractivity contribution in [2.24, 2.45) is 7.05 Å². The van der Waals surface area contributed by atoms with E-state index in [0.717, 1.165) is 11.0 Å². The number of hydrogen-bond acceptors (Lipinski definition) is 6. The van der Waals surface area contributed by atoms with Crippen molar-refractivity contribution in [2.75, 3.05) is 23.8 Å². The first kappa shape index (κ1) is 13.3. The summed E-state index contributed by atoms with van der Waals surface area (Å²) >= 11 is 0. The van der Waals surface area contributed by atoms with E-state index in [1.165, 1.54) is 6.33 Å². The fourth-order valence-corrected chi connectivity index (χ4v) is 2.08. The molecule has 2 heterocycles. The van der Waals surface area contributed by atoms with Crippen LogP contribution in [0.25, 0.3) is 11.0 Å². The summed E-state index contributed by atoms with van der Waals surface area (Å²) in [6.07, 6.45) is 1.46. The van der Waals surface area contributed by atoms with Crippen molar-refractivity contribution in [2.45, 2.75) is 0 Å². The Morgan fingerprint density at radius 2 is 2.00 bits per heavy atom. The first-order valence-corrected chi connectivity index (χ1v) is 6.63. The van der Waals surface area contributed by atoms with E-state index in [-0.39, 0.29) is 6.61 Å². The van der Waals surface area contributed by atoms with Gasteiger partial charge in [-0.25, -0.2) is 15.0 Å². The van der Waals surface area contributed by atoms with Crippen molar-refractivity contribution in [3.8, 4) is 0 Å². The number of aromatic nitrogens is 4. The van der Waals surface area contributed by atoms with Crippen molar-refractivity contribution >= 4 is 28.6 Å². The third-order valence-corrected chi connectivity index (χ3v) is 3.11. The van der Waals surface area contributed by atoms with E-state index >= 15 is 0 Å². The molecule has 0 radical (unpaired) electrons. The highest BCUT2D eigenvalue weighted by molar-refractivity contribution is 5.79. The molecule has 108 valence electrons. The lowest BCUT2D eigenvalue weighted by Gasteiger charge is -2.07. The van der Waals surface area contributed by atoms with E-state index in [0.29, 0.717) is 24.1 Å². The van der Waals surface area contributed by atoms with Gasteiger partial charge in [-0.05, 0) is 12.1 Å². The van der Waals surface area contributed by atoms with Crippen LogP contribution in [0.2, 0.25) is 0 Å². The molecule has 0 aliphatic carbocycles. The van der Waals surface area contributed by atoms with Gasteiger partial charge in [-0.3, -0.25) is 0 Å². The molecule has 0 amide bonds. The Kier molecular flexibility index (Phi) is 3.65. The SMILES string of the molecule is Cn1c(Nc2cc(NCCO)ncn2)nc2ccccc21. The van der Waals surface area contributed by atoms with Gasteiger partial charge in [0.05, 0.1) is 17.6 Å². The summed E-state index contributed by atoms with van der Waals surface area (Å²) in [5.41, 5.74) is 1.97. The molecule has 0 aliphatic rings. The molecule has 7 nitrogen and oxygen atoms in total. The molecule has 21 heavy (non-hydrogen) atoms. The molecule has 0 aliphatic heterocycles. The summed E-state index contributed by atoms with van der Waals surface area (Å²) in [6.45, 7) is 0.500. The van der Waals surface area contributed by atoms with Crippen LogP contribution < -0.4 is 10.6 Å². The molecule has 0 saturated carbocycles. The fraction of sp³-hybridized carbons (Fsp3) is 0.214. The molecule has 0 atom stereocenters. The second-order valence-corrected chi connectivity index (χ2v) is 4.55. The van der Waals surface area contributed by atoms with Gasteiger partial charge in [0, 0.05) is 19.7 Å². The molecule has 0 saturated heterocycles. The molecule has 3 aromatic rings. The van der Waals surface area contributed by atoms with E-state index in [1.807, 2.05) is 35.9 Å². The predicted octanol–water partition coefficient (Wildman–Crippen LogP) is 1.51. The van der Waals surface area contributed by atoms with Crippen molar-refractivity contribution in [1.29, 1.82) is 0 Å². The third kappa shape index (κ3) is 2.77. The smallest absolute Gasteiger partial charge is 0.209 e. The lowest BCUT2D eigenvalue weighted by molar-refractivity contribution is 0.311. The van der Waals surface area contributed by atoms with Gasteiger partial charge in [-0.2, -0.15) is 0 Å². The highest BCUT2D eigenvalue weighted by Crippen LogP contribution is 2.20. The van der Waals surface area contributed by atoms with Crippen LogP contribution in [-0.2, 0) is 7.05 Å². The molecule has 2 aromatic heterocycles. The minimum atomic E-state index is 0.0531. The lowest BCUT2D eigenvalue weighted by Crippen LogP contribution is -2.08. The topological polar surface area (TPSA) is 87.9 Å². The number of aliphatic hydroxyl groups is 1. The number of nitrogens with zero attached hydrogens (tertiary/aromatic N) is 4. The summed E-state index contributed by atoms with van der Waals surface area (Å²) in [4.78, 5) is 12.8. The Labute approximate surface area is 121 Å². The van der Waals surface area contributed by atoms with Crippen LogP contribution in [0.1, 0.15) is 0 Å². The van der Waals surface area contributed by atoms with Gasteiger partial charge in [-0.1, -0.05) is 12.1 Å². The lowest BCUT2D eigenvalue weighted by atomic mass is 10.3. The van der Waals surface area contributed by atoms with Crippen LogP contribution in [0.15, 0.2) is 36.7 Å². The Morgan fingerprint density at radius 3 is 2.81 bits per heavy atom. The zero-order valence-corrected chi connectivity index (χ0v) is 11.6. The van der Waals surface area contributed by atoms with E-state index in [1.54, 1.807) is 6.07 Å². The molecular weight excluding hydrogens is 268 g/mol. The number of aryl methyl sites for hydroxylation is 1. The second-order valence-electron chi connectivity index (χ2n) is 4.55. The van der Waals surface area contributed by atoms with Crippen molar-refractivity contribution < 1.29 is 5.11 Å².